The van der Waals surface area contributed by atoms with Crippen LogP contribution in [0.3, 0.4) is 0 Å². The van der Waals surface area contributed by atoms with E-state index in [1.165, 1.54) is 41.5 Å². The second-order valence-corrected chi connectivity index (χ2v) is 11.4. The summed E-state index contributed by atoms with van der Waals surface area (Å²) in [6.07, 6.45) is 7.57. The number of nitrogens with one attached hydrogen (secondary N) is 1. The molecule has 2 fully saturated rings. The molecular formula is C31H29FN8O5. The molecule has 0 atom stereocenters. The van der Waals surface area contributed by atoms with E-state index in [2.05, 4.69) is 20.3 Å². The number of anilines is 1. The number of nitrogens with zero attached hydrogens (tertiary/aromatic N) is 7. The number of ether oxygens (including phenoxy) is 1. The third-order valence-electron chi connectivity index (χ3n) is 8.19. The molecule has 7 rings (SSSR count). The molecule has 2 aliphatic heterocycles. The smallest absolute Gasteiger partial charge is 0.335 e. The first-order valence-corrected chi connectivity index (χ1v) is 14.8. The number of benzene rings is 1. The van der Waals surface area contributed by atoms with Crippen molar-refractivity contribution in [3.63, 3.8) is 0 Å². The molecule has 3 amide bonds. The number of carbonyl (C=O) groups is 2. The van der Waals surface area contributed by atoms with Gasteiger partial charge in [0.2, 0.25) is 5.88 Å². The zero-order valence-corrected chi connectivity index (χ0v) is 24.2. The fourth-order valence-corrected chi connectivity index (χ4v) is 5.38. The number of aromatic nitrogens is 5. The van der Waals surface area contributed by atoms with Crippen LogP contribution in [0.15, 0.2) is 64.7 Å². The molecule has 13 nitrogen and oxygen atoms in total. The van der Waals surface area contributed by atoms with Gasteiger partial charge in [-0.05, 0) is 68.0 Å². The van der Waals surface area contributed by atoms with Crippen molar-refractivity contribution in [1.82, 2.24) is 33.9 Å². The van der Waals surface area contributed by atoms with Gasteiger partial charge in [-0.3, -0.25) is 14.2 Å². The first kappa shape index (κ1) is 28.4. The van der Waals surface area contributed by atoms with Crippen LogP contribution in [0.2, 0.25) is 0 Å². The topological polar surface area (TPSA) is 145 Å². The Bertz CT molecular complexity index is 1900. The minimum absolute atomic E-state index is 0.0193. The van der Waals surface area contributed by atoms with Gasteiger partial charge >= 0.3 is 11.7 Å². The molecule has 0 bridgehead atoms. The van der Waals surface area contributed by atoms with E-state index in [0.29, 0.717) is 43.6 Å². The molecule has 1 saturated heterocycles. The highest BCUT2D eigenvalue weighted by molar-refractivity contribution is 6.03. The Balaban J connectivity index is 1.08. The van der Waals surface area contributed by atoms with Gasteiger partial charge in [-0.25, -0.2) is 33.5 Å². The summed E-state index contributed by atoms with van der Waals surface area (Å²) in [5, 5.41) is 2.62. The van der Waals surface area contributed by atoms with Crippen LogP contribution in [0.1, 0.15) is 40.9 Å². The summed E-state index contributed by atoms with van der Waals surface area (Å²) < 4.78 is 21.8. The molecule has 230 valence electrons. The number of urea groups is 1. The van der Waals surface area contributed by atoms with Crippen LogP contribution < -0.4 is 21.3 Å². The lowest BCUT2D eigenvalue weighted by Gasteiger charge is -2.37. The third-order valence-corrected chi connectivity index (χ3v) is 8.19. The maximum Gasteiger partial charge on any atom is 0.335 e. The van der Waals surface area contributed by atoms with E-state index in [1.807, 2.05) is 4.90 Å². The van der Waals surface area contributed by atoms with Crippen molar-refractivity contribution < 1.29 is 18.7 Å². The Morgan fingerprint density at radius 1 is 0.978 bits per heavy atom. The van der Waals surface area contributed by atoms with Crippen molar-refractivity contribution in [3.05, 3.63) is 98.6 Å². The summed E-state index contributed by atoms with van der Waals surface area (Å²) in [5.41, 5.74) is 0.0305. The fraction of sp³-hybridized carbons (Fsp3) is 0.323. The maximum absolute atomic E-state index is 13.5. The molecule has 45 heavy (non-hydrogen) atoms. The lowest BCUT2D eigenvalue weighted by molar-refractivity contribution is 0.102. The second-order valence-electron chi connectivity index (χ2n) is 11.4. The van der Waals surface area contributed by atoms with Crippen molar-refractivity contribution in [2.24, 2.45) is 5.92 Å². The van der Waals surface area contributed by atoms with E-state index < -0.39 is 23.0 Å². The zero-order chi connectivity index (χ0) is 31.1. The van der Waals surface area contributed by atoms with E-state index in [-0.39, 0.29) is 23.1 Å². The largest absolute Gasteiger partial charge is 0.437 e. The van der Waals surface area contributed by atoms with Crippen LogP contribution >= 0.6 is 0 Å². The van der Waals surface area contributed by atoms with E-state index in [9.17, 15) is 23.6 Å². The minimum atomic E-state index is -0.824. The first-order chi connectivity index (χ1) is 21.8. The molecule has 1 saturated carbocycles. The van der Waals surface area contributed by atoms with E-state index in [1.54, 1.807) is 11.0 Å². The van der Waals surface area contributed by atoms with E-state index in [4.69, 9.17) is 4.74 Å². The van der Waals surface area contributed by atoms with Gasteiger partial charge in [0.1, 0.15) is 29.3 Å². The molecule has 0 unspecified atom stereocenters. The fourth-order valence-electron chi connectivity index (χ4n) is 5.38. The van der Waals surface area contributed by atoms with Crippen molar-refractivity contribution in [2.75, 3.05) is 25.0 Å². The van der Waals surface area contributed by atoms with Gasteiger partial charge in [-0.2, -0.15) is 0 Å². The van der Waals surface area contributed by atoms with Crippen LogP contribution in [-0.2, 0) is 19.5 Å². The van der Waals surface area contributed by atoms with Gasteiger partial charge in [0.05, 0.1) is 24.1 Å². The molecule has 3 aliphatic rings. The lowest BCUT2D eigenvalue weighted by Crippen LogP contribution is -2.51. The number of pyridine rings is 1. The SMILES string of the molecule is O=C(Nc1ccc(Oc2ncnc3c2CCN(C(=O)N2CCC2)C3)cn1)c1cn(CC2CC2)c(=O)n(-c2ccc(F)cc2)c1=O. The number of carbonyl (C=O) groups excluding carboxylic acids is 2. The summed E-state index contributed by atoms with van der Waals surface area (Å²) in [6.45, 7) is 2.84. The monoisotopic (exact) mass is 612 g/mol. The Kier molecular flexibility index (Phi) is 7.31. The lowest BCUT2D eigenvalue weighted by atomic mass is 10.1. The van der Waals surface area contributed by atoms with Gasteiger partial charge in [0.15, 0.2) is 0 Å². The summed E-state index contributed by atoms with van der Waals surface area (Å²) in [4.78, 5) is 69.0. The highest BCUT2D eigenvalue weighted by Gasteiger charge is 2.30. The van der Waals surface area contributed by atoms with Crippen LogP contribution in [0.5, 0.6) is 11.6 Å². The number of rotatable bonds is 7. The quantitative estimate of drug-likeness (QED) is 0.336. The standard InChI is InChI=1S/C31H29FN8O5/c32-20-4-6-21(7-5-20)40-29(42)24(16-39(31(40)44)15-19-2-3-19)27(41)36-26-9-8-22(14-33-26)45-28-23-10-13-38(17-25(23)34-18-35-28)30(43)37-11-1-12-37/h4-9,14,16,18-19H,1-3,10-13,15,17H2,(H,33,36,41). The van der Waals surface area contributed by atoms with Crippen LogP contribution in [-0.4, -0.2) is 65.5 Å². The molecule has 14 heteroatoms. The molecule has 3 aromatic heterocycles. The molecule has 1 N–H and O–H groups in total. The molecular weight excluding hydrogens is 583 g/mol. The highest BCUT2D eigenvalue weighted by atomic mass is 19.1. The Labute approximate surface area is 255 Å². The first-order valence-electron chi connectivity index (χ1n) is 14.8. The predicted octanol–water partition coefficient (Wildman–Crippen LogP) is 2.96. The number of fused-ring (bicyclic) bond motifs is 1. The molecule has 4 aromatic rings. The van der Waals surface area contributed by atoms with E-state index in [0.717, 1.165) is 60.3 Å². The molecule has 0 radical (unpaired) electrons. The van der Waals surface area contributed by atoms with Crippen molar-refractivity contribution in [3.8, 4) is 17.3 Å². The molecule has 0 spiro atoms. The minimum Gasteiger partial charge on any atom is -0.437 e. The van der Waals surface area contributed by atoms with Gasteiger partial charge in [0, 0.05) is 37.9 Å². The average Bonchev–Trinajstić information content (AvgIpc) is 3.83. The number of hydrogen-bond acceptors (Lipinski definition) is 8. The van der Waals surface area contributed by atoms with Gasteiger partial charge < -0.3 is 19.9 Å². The Hall–Kier alpha value is -5.40. The Morgan fingerprint density at radius 2 is 1.78 bits per heavy atom. The number of amides is 3. The number of halogens is 1. The summed E-state index contributed by atoms with van der Waals surface area (Å²) >= 11 is 0. The summed E-state index contributed by atoms with van der Waals surface area (Å²) in [7, 11) is 0. The molecule has 1 aliphatic carbocycles. The summed E-state index contributed by atoms with van der Waals surface area (Å²) in [5.74, 6) is -0.0794. The van der Waals surface area contributed by atoms with Crippen LogP contribution in [0.4, 0.5) is 15.0 Å². The normalized spacial score (nSPS) is 15.7. The van der Waals surface area contributed by atoms with Crippen molar-refractivity contribution in [2.45, 2.75) is 38.8 Å². The molecule has 5 heterocycles. The van der Waals surface area contributed by atoms with Gasteiger partial charge in [-0.1, -0.05) is 0 Å². The summed E-state index contributed by atoms with van der Waals surface area (Å²) in [6, 6.07) is 8.07. The van der Waals surface area contributed by atoms with Gasteiger partial charge in [0.25, 0.3) is 11.5 Å². The zero-order valence-electron chi connectivity index (χ0n) is 24.2. The highest BCUT2D eigenvalue weighted by Crippen LogP contribution is 2.31. The number of hydrogen-bond donors (Lipinski definition) is 1. The third kappa shape index (κ3) is 5.78. The van der Waals surface area contributed by atoms with Crippen LogP contribution in [0.25, 0.3) is 5.69 Å². The maximum atomic E-state index is 13.5. The second kappa shape index (κ2) is 11.6. The van der Waals surface area contributed by atoms with Crippen molar-refractivity contribution >= 4 is 17.8 Å². The molecule has 1 aromatic carbocycles. The van der Waals surface area contributed by atoms with Crippen LogP contribution in [0, 0.1) is 11.7 Å². The van der Waals surface area contributed by atoms with E-state index >= 15 is 0 Å². The van der Waals surface area contributed by atoms with Gasteiger partial charge in [-0.15, -0.1) is 0 Å². The van der Waals surface area contributed by atoms with Crippen molar-refractivity contribution in [1.29, 1.82) is 0 Å². The number of likely N-dealkylation sites (tertiary alicyclic amines) is 1. The predicted molar refractivity (Wildman–Crippen MR) is 159 cm³/mol. The Morgan fingerprint density at radius 3 is 2.47 bits per heavy atom. The average molecular weight is 613 g/mol.